The second-order valence-electron chi connectivity index (χ2n) is 7.77. The number of barbiturate groups is 2. The molecule has 0 radical (unpaired) electrons. The molecule has 2 saturated heterocycles. The predicted octanol–water partition coefficient (Wildman–Crippen LogP) is 0.341. The maximum atomic E-state index is 12.7. The number of hydrogen-bond donors (Lipinski definition) is 0. The van der Waals surface area contributed by atoms with E-state index in [2.05, 4.69) is 0 Å². The average molecular weight is 474 g/mol. The predicted molar refractivity (Wildman–Crippen MR) is 115 cm³/mol. The van der Waals surface area contributed by atoms with E-state index in [1.54, 1.807) is 24.3 Å². The Hall–Kier alpha value is -3.64. The van der Waals surface area contributed by atoms with Gasteiger partial charge in [0, 0.05) is 14.2 Å². The van der Waals surface area contributed by atoms with Gasteiger partial charge < -0.3 is 9.47 Å². The zero-order valence-corrected chi connectivity index (χ0v) is 19.0. The zero-order chi connectivity index (χ0) is 24.8. The molecule has 0 bridgehead atoms. The summed E-state index contributed by atoms with van der Waals surface area (Å²) in [6, 6.07) is 5.26. The van der Waals surface area contributed by atoms with Gasteiger partial charge in [0.05, 0.1) is 39.4 Å². The van der Waals surface area contributed by atoms with E-state index < -0.39 is 48.5 Å². The Bertz CT molecular complexity index is 935. The van der Waals surface area contributed by atoms with Crippen molar-refractivity contribution in [3.05, 3.63) is 35.4 Å². The molecule has 1 aromatic carbocycles. The van der Waals surface area contributed by atoms with Crippen LogP contribution in [0.3, 0.4) is 0 Å². The van der Waals surface area contributed by atoms with E-state index in [0.717, 1.165) is 19.6 Å². The summed E-state index contributed by atoms with van der Waals surface area (Å²) in [6.07, 6.45) is -0.839. The minimum atomic E-state index is -0.725. The van der Waals surface area contributed by atoms with Crippen molar-refractivity contribution in [1.82, 2.24) is 19.6 Å². The van der Waals surface area contributed by atoms with Crippen LogP contribution in [-0.2, 0) is 41.7 Å². The van der Waals surface area contributed by atoms with Gasteiger partial charge in [-0.05, 0) is 11.1 Å². The molecule has 34 heavy (non-hydrogen) atoms. The van der Waals surface area contributed by atoms with E-state index in [9.17, 15) is 28.8 Å². The Morgan fingerprint density at radius 2 is 1.03 bits per heavy atom. The smallest absolute Gasteiger partial charge is 0.333 e. The molecule has 8 amide bonds. The fourth-order valence-electron chi connectivity index (χ4n) is 3.67. The van der Waals surface area contributed by atoms with Crippen molar-refractivity contribution >= 4 is 35.7 Å². The summed E-state index contributed by atoms with van der Waals surface area (Å²) in [4.78, 5) is 78.2. The molecule has 1 aromatic rings. The van der Waals surface area contributed by atoms with E-state index in [1.165, 1.54) is 14.2 Å². The molecular weight excluding hydrogens is 448 g/mol. The van der Waals surface area contributed by atoms with Gasteiger partial charge in [-0.25, -0.2) is 9.59 Å². The number of methoxy groups -OCH3 is 2. The van der Waals surface area contributed by atoms with Crippen LogP contribution < -0.4 is 0 Å². The lowest BCUT2D eigenvalue weighted by Gasteiger charge is -2.33. The highest BCUT2D eigenvalue weighted by Gasteiger charge is 2.39. The SMILES string of the molecule is COCCN1C(=O)CC(=O)N(Cc2cccc(CN3C(=O)CC(=O)N(CCOC)C3=O)c2)C1=O. The van der Waals surface area contributed by atoms with Crippen molar-refractivity contribution in [1.29, 1.82) is 0 Å². The molecule has 0 saturated carbocycles. The topological polar surface area (TPSA) is 134 Å². The summed E-state index contributed by atoms with van der Waals surface area (Å²) in [5, 5.41) is 0. The van der Waals surface area contributed by atoms with Crippen molar-refractivity contribution in [3.63, 3.8) is 0 Å². The van der Waals surface area contributed by atoms with Gasteiger partial charge in [-0.3, -0.25) is 38.8 Å². The molecule has 0 N–H and O–H groups in total. The molecule has 2 fully saturated rings. The summed E-state index contributed by atoms with van der Waals surface area (Å²) in [7, 11) is 2.88. The van der Waals surface area contributed by atoms with Crippen molar-refractivity contribution in [2.75, 3.05) is 40.5 Å². The second-order valence-corrected chi connectivity index (χ2v) is 7.77. The number of rotatable bonds is 10. The maximum Gasteiger partial charge on any atom is 0.333 e. The number of carbonyl (C=O) groups excluding carboxylic acids is 6. The molecule has 0 aromatic heterocycles. The van der Waals surface area contributed by atoms with Crippen molar-refractivity contribution in [2.24, 2.45) is 0 Å². The van der Waals surface area contributed by atoms with Crippen LogP contribution in [0.15, 0.2) is 24.3 Å². The third-order valence-electron chi connectivity index (χ3n) is 5.44. The standard InChI is InChI=1S/C22H26N4O8/c1-33-8-6-23-17(27)11-19(29)25(21(23)31)13-15-4-3-5-16(10-15)14-26-20(30)12-18(28)24(22(26)32)7-9-34-2/h3-5,10H,6-9,11-14H2,1-2H3. The normalized spacial score (nSPS) is 17.4. The van der Waals surface area contributed by atoms with E-state index in [4.69, 9.17) is 9.47 Å². The van der Waals surface area contributed by atoms with Crippen LogP contribution in [0.1, 0.15) is 24.0 Å². The molecular formula is C22H26N4O8. The van der Waals surface area contributed by atoms with Gasteiger partial charge in [-0.1, -0.05) is 24.3 Å². The van der Waals surface area contributed by atoms with Crippen LogP contribution in [0.5, 0.6) is 0 Å². The molecule has 12 heteroatoms. The highest BCUT2D eigenvalue weighted by molar-refractivity contribution is 6.14. The van der Waals surface area contributed by atoms with Gasteiger partial charge in [0.2, 0.25) is 23.6 Å². The van der Waals surface area contributed by atoms with E-state index in [-0.39, 0.29) is 39.4 Å². The second kappa shape index (κ2) is 11.0. The quantitative estimate of drug-likeness (QED) is 0.443. The van der Waals surface area contributed by atoms with Crippen LogP contribution >= 0.6 is 0 Å². The van der Waals surface area contributed by atoms with E-state index in [0.29, 0.717) is 11.1 Å². The lowest BCUT2D eigenvalue weighted by atomic mass is 10.1. The van der Waals surface area contributed by atoms with E-state index >= 15 is 0 Å². The third kappa shape index (κ3) is 5.46. The number of carbonyl (C=O) groups is 6. The Kier molecular flexibility index (Phi) is 8.08. The molecule has 0 atom stereocenters. The van der Waals surface area contributed by atoms with Crippen LogP contribution in [0.2, 0.25) is 0 Å². The molecule has 3 rings (SSSR count). The molecule has 2 heterocycles. The van der Waals surface area contributed by atoms with Crippen molar-refractivity contribution in [2.45, 2.75) is 25.9 Å². The molecule has 2 aliphatic heterocycles. The van der Waals surface area contributed by atoms with Gasteiger partial charge in [-0.2, -0.15) is 0 Å². The average Bonchev–Trinajstić information content (AvgIpc) is 2.79. The number of nitrogens with zero attached hydrogens (tertiary/aromatic N) is 4. The van der Waals surface area contributed by atoms with E-state index in [1.807, 2.05) is 0 Å². The molecule has 0 spiro atoms. The van der Waals surface area contributed by atoms with Gasteiger partial charge >= 0.3 is 12.1 Å². The molecule has 12 nitrogen and oxygen atoms in total. The minimum absolute atomic E-state index is 0.0372. The van der Waals surface area contributed by atoms with Crippen molar-refractivity contribution < 1.29 is 38.2 Å². The summed E-state index contributed by atoms with van der Waals surface area (Å²) >= 11 is 0. The fourth-order valence-corrected chi connectivity index (χ4v) is 3.67. The van der Waals surface area contributed by atoms with Crippen LogP contribution in [0, 0.1) is 0 Å². The monoisotopic (exact) mass is 474 g/mol. The van der Waals surface area contributed by atoms with Gasteiger partial charge in [-0.15, -0.1) is 0 Å². The third-order valence-corrected chi connectivity index (χ3v) is 5.44. The van der Waals surface area contributed by atoms with Crippen molar-refractivity contribution in [3.8, 4) is 0 Å². The van der Waals surface area contributed by atoms with Gasteiger partial charge in [0.15, 0.2) is 0 Å². The number of imide groups is 4. The number of benzene rings is 1. The number of amides is 8. The Morgan fingerprint density at radius 1 is 0.647 bits per heavy atom. The molecule has 0 aliphatic carbocycles. The highest BCUT2D eigenvalue weighted by Crippen LogP contribution is 2.19. The Labute approximate surface area is 195 Å². The van der Waals surface area contributed by atoms with Crippen LogP contribution in [0.4, 0.5) is 9.59 Å². The summed E-state index contributed by atoms with van der Waals surface area (Å²) in [6.45, 7) is 0.212. The zero-order valence-electron chi connectivity index (χ0n) is 19.0. The van der Waals surface area contributed by atoms with Crippen LogP contribution in [-0.4, -0.2) is 95.8 Å². The first-order valence-corrected chi connectivity index (χ1v) is 10.6. The first-order valence-electron chi connectivity index (χ1n) is 10.6. The Balaban J connectivity index is 1.73. The maximum absolute atomic E-state index is 12.7. The van der Waals surface area contributed by atoms with Gasteiger partial charge in [0.25, 0.3) is 0 Å². The summed E-state index contributed by atoms with van der Waals surface area (Å²) in [5.74, 6) is -2.37. The largest absolute Gasteiger partial charge is 0.383 e. The van der Waals surface area contributed by atoms with Crippen LogP contribution in [0.25, 0.3) is 0 Å². The number of hydrogen-bond acceptors (Lipinski definition) is 8. The minimum Gasteiger partial charge on any atom is -0.383 e. The molecule has 0 unspecified atom stereocenters. The highest BCUT2D eigenvalue weighted by atomic mass is 16.5. The lowest BCUT2D eigenvalue weighted by molar-refractivity contribution is -0.145. The Morgan fingerprint density at radius 3 is 1.41 bits per heavy atom. The lowest BCUT2D eigenvalue weighted by Crippen LogP contribution is -2.55. The first-order chi connectivity index (χ1) is 16.3. The molecule has 182 valence electrons. The molecule has 2 aliphatic rings. The van der Waals surface area contributed by atoms with Gasteiger partial charge in [0.1, 0.15) is 12.8 Å². The summed E-state index contributed by atoms with van der Waals surface area (Å²) < 4.78 is 9.84. The number of urea groups is 2. The fraction of sp³-hybridized carbons (Fsp3) is 0.455. The summed E-state index contributed by atoms with van der Waals surface area (Å²) in [5.41, 5.74) is 1.15. The first kappa shape index (κ1) is 25.0. The number of ether oxygens (including phenoxy) is 2.